The van der Waals surface area contributed by atoms with Gasteiger partial charge in [-0.2, -0.15) is 0 Å². The van der Waals surface area contributed by atoms with Crippen molar-refractivity contribution in [3.8, 4) is 11.5 Å². The van der Waals surface area contributed by atoms with Crippen molar-refractivity contribution in [2.24, 2.45) is 11.8 Å². The molecule has 1 saturated carbocycles. The van der Waals surface area contributed by atoms with Gasteiger partial charge in [0.05, 0.1) is 5.69 Å². The monoisotopic (exact) mass is 311 g/mol. The maximum atomic E-state index is 11.9. The maximum absolute atomic E-state index is 11.9. The standard InChI is InChI=1S/C13H14BrNO3/c1-7-4-8(7)13(16)15-10-6-12-11(5-9(10)14)17-2-3-18-12/h5-8H,2-4H2,1H3,(H,15,16)/t7-,8+/m0/s1. The van der Waals surface area contributed by atoms with Crippen LogP contribution >= 0.6 is 15.9 Å². The Bertz CT molecular complexity index is 503. The summed E-state index contributed by atoms with van der Waals surface area (Å²) in [6.45, 7) is 3.19. The number of nitrogens with one attached hydrogen (secondary N) is 1. The van der Waals surface area contributed by atoms with Crippen molar-refractivity contribution in [1.29, 1.82) is 0 Å². The minimum atomic E-state index is 0.0832. The number of anilines is 1. The van der Waals surface area contributed by atoms with Crippen LogP contribution in [0.5, 0.6) is 11.5 Å². The Morgan fingerprint density at radius 1 is 1.33 bits per heavy atom. The highest BCUT2D eigenvalue weighted by atomic mass is 79.9. The molecule has 0 bridgehead atoms. The van der Waals surface area contributed by atoms with Crippen LogP contribution in [-0.2, 0) is 4.79 Å². The van der Waals surface area contributed by atoms with Gasteiger partial charge >= 0.3 is 0 Å². The molecule has 18 heavy (non-hydrogen) atoms. The van der Waals surface area contributed by atoms with Gasteiger partial charge in [-0.15, -0.1) is 0 Å². The fourth-order valence-electron chi connectivity index (χ4n) is 2.07. The van der Waals surface area contributed by atoms with E-state index in [4.69, 9.17) is 9.47 Å². The minimum absolute atomic E-state index is 0.0832. The minimum Gasteiger partial charge on any atom is -0.486 e. The topological polar surface area (TPSA) is 47.6 Å². The fourth-order valence-corrected chi connectivity index (χ4v) is 2.49. The zero-order valence-corrected chi connectivity index (χ0v) is 11.6. The second-order valence-electron chi connectivity index (χ2n) is 4.78. The average molecular weight is 312 g/mol. The summed E-state index contributed by atoms with van der Waals surface area (Å²) in [5.74, 6) is 2.14. The first-order valence-electron chi connectivity index (χ1n) is 6.05. The first kappa shape index (κ1) is 11.8. The van der Waals surface area contributed by atoms with Gasteiger partial charge in [0, 0.05) is 22.5 Å². The Morgan fingerprint density at radius 3 is 2.56 bits per heavy atom. The van der Waals surface area contributed by atoms with Crippen LogP contribution in [0.3, 0.4) is 0 Å². The van der Waals surface area contributed by atoms with Crippen molar-refractivity contribution in [2.75, 3.05) is 18.5 Å². The van der Waals surface area contributed by atoms with E-state index in [-0.39, 0.29) is 11.8 Å². The summed E-state index contributed by atoms with van der Waals surface area (Å²) < 4.78 is 11.8. The van der Waals surface area contributed by atoms with Crippen LogP contribution in [0.25, 0.3) is 0 Å². The maximum Gasteiger partial charge on any atom is 0.227 e. The molecule has 3 rings (SSSR count). The van der Waals surface area contributed by atoms with E-state index < -0.39 is 0 Å². The number of hydrogen-bond acceptors (Lipinski definition) is 3. The first-order chi connectivity index (χ1) is 8.65. The van der Waals surface area contributed by atoms with Crippen molar-refractivity contribution in [2.45, 2.75) is 13.3 Å². The first-order valence-corrected chi connectivity index (χ1v) is 6.84. The molecule has 1 heterocycles. The zero-order chi connectivity index (χ0) is 12.7. The summed E-state index contributed by atoms with van der Waals surface area (Å²) in [4.78, 5) is 11.9. The van der Waals surface area contributed by atoms with Gasteiger partial charge in [0.2, 0.25) is 5.91 Å². The third kappa shape index (κ3) is 2.19. The third-order valence-electron chi connectivity index (χ3n) is 3.34. The highest BCUT2D eigenvalue weighted by molar-refractivity contribution is 9.10. The molecule has 0 saturated heterocycles. The van der Waals surface area contributed by atoms with Gasteiger partial charge < -0.3 is 14.8 Å². The van der Waals surface area contributed by atoms with Crippen molar-refractivity contribution in [3.63, 3.8) is 0 Å². The molecule has 1 aromatic carbocycles. The number of hydrogen-bond donors (Lipinski definition) is 1. The summed E-state index contributed by atoms with van der Waals surface area (Å²) in [6, 6.07) is 3.64. The molecule has 0 radical (unpaired) electrons. The van der Waals surface area contributed by atoms with Crippen LogP contribution in [0, 0.1) is 11.8 Å². The van der Waals surface area contributed by atoms with E-state index in [1.54, 1.807) is 0 Å². The molecular weight excluding hydrogens is 298 g/mol. The van der Waals surface area contributed by atoms with Crippen LogP contribution in [-0.4, -0.2) is 19.1 Å². The van der Waals surface area contributed by atoms with E-state index in [1.807, 2.05) is 12.1 Å². The molecule has 96 valence electrons. The number of benzene rings is 1. The molecule has 0 unspecified atom stereocenters. The van der Waals surface area contributed by atoms with Crippen LogP contribution in [0.15, 0.2) is 16.6 Å². The van der Waals surface area contributed by atoms with Gasteiger partial charge in [0.15, 0.2) is 11.5 Å². The van der Waals surface area contributed by atoms with Crippen LogP contribution in [0.2, 0.25) is 0 Å². The molecule has 0 spiro atoms. The summed E-state index contributed by atoms with van der Waals surface area (Å²) in [7, 11) is 0. The number of carbonyl (C=O) groups is 1. The van der Waals surface area contributed by atoms with Gasteiger partial charge in [0.25, 0.3) is 0 Å². The van der Waals surface area contributed by atoms with Crippen molar-refractivity contribution >= 4 is 27.5 Å². The largest absolute Gasteiger partial charge is 0.486 e. The second-order valence-corrected chi connectivity index (χ2v) is 5.64. The van der Waals surface area contributed by atoms with Crippen LogP contribution < -0.4 is 14.8 Å². The number of ether oxygens (including phenoxy) is 2. The van der Waals surface area contributed by atoms with Gasteiger partial charge in [-0.05, 0) is 28.3 Å². The van der Waals surface area contributed by atoms with Gasteiger partial charge in [-0.3, -0.25) is 4.79 Å². The SMILES string of the molecule is C[C@H]1C[C@H]1C(=O)Nc1cc2c(cc1Br)OCCO2. The molecular formula is C13H14BrNO3. The molecule has 5 heteroatoms. The number of halogens is 1. The molecule has 0 aromatic heterocycles. The van der Waals surface area contributed by atoms with Crippen LogP contribution in [0.1, 0.15) is 13.3 Å². The highest BCUT2D eigenvalue weighted by Crippen LogP contribution is 2.41. The lowest BCUT2D eigenvalue weighted by Gasteiger charge is -2.20. The predicted octanol–water partition coefficient (Wildman–Crippen LogP) is 2.81. The molecule has 1 aliphatic heterocycles. The van der Waals surface area contributed by atoms with E-state index in [9.17, 15) is 4.79 Å². The molecule has 1 fully saturated rings. The van der Waals surface area contributed by atoms with E-state index in [0.717, 1.165) is 16.6 Å². The van der Waals surface area contributed by atoms with Crippen molar-refractivity contribution in [3.05, 3.63) is 16.6 Å². The highest BCUT2D eigenvalue weighted by Gasteiger charge is 2.39. The normalized spacial score (nSPS) is 24.6. The van der Waals surface area contributed by atoms with E-state index in [2.05, 4.69) is 28.2 Å². The van der Waals surface area contributed by atoms with E-state index in [0.29, 0.717) is 30.6 Å². The summed E-state index contributed by atoms with van der Waals surface area (Å²) in [5, 5.41) is 2.93. The molecule has 2 aliphatic rings. The lowest BCUT2D eigenvalue weighted by Crippen LogP contribution is -2.17. The third-order valence-corrected chi connectivity index (χ3v) is 3.99. The fraction of sp³-hybridized carbons (Fsp3) is 0.462. The number of carbonyl (C=O) groups excluding carboxylic acids is 1. The molecule has 2 atom stereocenters. The van der Waals surface area contributed by atoms with E-state index in [1.165, 1.54) is 0 Å². The van der Waals surface area contributed by atoms with Gasteiger partial charge in [-0.1, -0.05) is 6.92 Å². The quantitative estimate of drug-likeness (QED) is 0.913. The van der Waals surface area contributed by atoms with Gasteiger partial charge in [-0.25, -0.2) is 0 Å². The summed E-state index contributed by atoms with van der Waals surface area (Å²) in [5.41, 5.74) is 0.739. The Balaban J connectivity index is 1.81. The Morgan fingerprint density at radius 2 is 1.94 bits per heavy atom. The van der Waals surface area contributed by atoms with Gasteiger partial charge in [0.1, 0.15) is 13.2 Å². The van der Waals surface area contributed by atoms with Crippen molar-refractivity contribution < 1.29 is 14.3 Å². The molecule has 1 aromatic rings. The summed E-state index contributed by atoms with van der Waals surface area (Å²) in [6.07, 6.45) is 0.980. The number of rotatable bonds is 2. The summed E-state index contributed by atoms with van der Waals surface area (Å²) >= 11 is 3.44. The molecule has 1 N–H and O–H groups in total. The smallest absolute Gasteiger partial charge is 0.227 e. The number of amides is 1. The number of fused-ring (bicyclic) bond motifs is 1. The predicted molar refractivity (Wildman–Crippen MR) is 71.0 cm³/mol. The Kier molecular flexibility index (Phi) is 2.93. The van der Waals surface area contributed by atoms with Crippen LogP contribution in [0.4, 0.5) is 5.69 Å². The molecule has 4 nitrogen and oxygen atoms in total. The molecule has 1 amide bonds. The lowest BCUT2D eigenvalue weighted by molar-refractivity contribution is -0.117. The average Bonchev–Trinajstić information content (AvgIpc) is 3.07. The Labute approximate surface area is 114 Å². The second kappa shape index (κ2) is 4.46. The Hall–Kier alpha value is -1.23. The molecule has 1 aliphatic carbocycles. The van der Waals surface area contributed by atoms with E-state index >= 15 is 0 Å². The lowest BCUT2D eigenvalue weighted by atomic mass is 10.2. The zero-order valence-electron chi connectivity index (χ0n) is 10.0. The van der Waals surface area contributed by atoms with Crippen molar-refractivity contribution in [1.82, 2.24) is 0 Å².